The van der Waals surface area contributed by atoms with E-state index in [-0.39, 0.29) is 5.41 Å². The lowest BCUT2D eigenvalue weighted by Crippen LogP contribution is -2.43. The summed E-state index contributed by atoms with van der Waals surface area (Å²) in [6.45, 7) is 4.72. The first-order valence-electron chi connectivity index (χ1n) is 8.49. The van der Waals surface area contributed by atoms with Crippen LogP contribution in [-0.4, -0.2) is 5.78 Å². The summed E-state index contributed by atoms with van der Waals surface area (Å²) in [5.74, 6) is 1.81. The maximum absolute atomic E-state index is 12.3. The summed E-state index contributed by atoms with van der Waals surface area (Å²) >= 11 is 0. The molecule has 0 aromatic carbocycles. The quantitative estimate of drug-likeness (QED) is 0.576. The van der Waals surface area contributed by atoms with Crippen LogP contribution in [0.3, 0.4) is 0 Å². The normalized spacial score (nSPS) is 47.0. The summed E-state index contributed by atoms with van der Waals surface area (Å²) < 4.78 is 0. The van der Waals surface area contributed by atoms with Gasteiger partial charge in [0.15, 0.2) is 0 Å². The van der Waals surface area contributed by atoms with Crippen molar-refractivity contribution in [2.24, 2.45) is 22.7 Å². The molecule has 1 heteroatoms. The number of fused-ring (bicyclic) bond motifs is 5. The minimum atomic E-state index is -0.0372. The molecule has 2 saturated carbocycles. The van der Waals surface area contributed by atoms with Crippen LogP contribution in [0.15, 0.2) is 23.3 Å². The van der Waals surface area contributed by atoms with Crippen molar-refractivity contribution >= 4 is 5.78 Å². The van der Waals surface area contributed by atoms with E-state index in [2.05, 4.69) is 26.0 Å². The molecule has 20 heavy (non-hydrogen) atoms. The van der Waals surface area contributed by atoms with Crippen LogP contribution < -0.4 is 0 Å². The minimum absolute atomic E-state index is 0.0372. The van der Waals surface area contributed by atoms with E-state index in [4.69, 9.17) is 0 Å². The molecule has 4 aliphatic carbocycles. The molecule has 0 saturated heterocycles. The number of hydrogen-bond acceptors (Lipinski definition) is 1. The first-order valence-corrected chi connectivity index (χ1v) is 8.49. The Kier molecular flexibility index (Phi) is 2.63. The van der Waals surface area contributed by atoms with Crippen LogP contribution in [0.25, 0.3) is 0 Å². The third-order valence-corrected chi connectivity index (χ3v) is 7.11. The fourth-order valence-electron chi connectivity index (χ4n) is 5.78. The molecule has 0 spiro atoms. The fourth-order valence-corrected chi connectivity index (χ4v) is 5.78. The van der Waals surface area contributed by atoms with Crippen LogP contribution in [0.5, 0.6) is 0 Å². The highest BCUT2D eigenvalue weighted by Crippen LogP contribution is 2.61. The van der Waals surface area contributed by atoms with Gasteiger partial charge < -0.3 is 0 Å². The maximum Gasteiger partial charge on any atom is 0.139 e. The number of hydrogen-bond donors (Lipinski definition) is 0. The van der Waals surface area contributed by atoms with Crippen molar-refractivity contribution in [2.75, 3.05) is 0 Å². The van der Waals surface area contributed by atoms with Crippen LogP contribution in [0, 0.1) is 22.7 Å². The Labute approximate surface area is 122 Å². The number of allylic oxidation sites excluding steroid dienone is 4. The van der Waals surface area contributed by atoms with Gasteiger partial charge in [0.1, 0.15) is 5.78 Å². The fraction of sp³-hybridized carbons (Fsp3) is 0.737. The standard InChI is InChI=1S/C19H26O/c1-18-11-4-3-5-13(18)6-7-14-15-8-9-17(20)19(15,2)12-10-16(14)18/h6,10,14-15H,3-5,7-9,11-12H2,1-2H3/t14-,15-,18-,19-/m0/s1. The molecular formula is C19H26O. The Morgan fingerprint density at radius 2 is 2.00 bits per heavy atom. The second kappa shape index (κ2) is 4.08. The highest BCUT2D eigenvalue weighted by atomic mass is 16.1. The monoisotopic (exact) mass is 270 g/mol. The van der Waals surface area contributed by atoms with Gasteiger partial charge in [-0.1, -0.05) is 43.6 Å². The number of ketones is 1. The minimum Gasteiger partial charge on any atom is -0.299 e. The van der Waals surface area contributed by atoms with Gasteiger partial charge in [-0.25, -0.2) is 0 Å². The van der Waals surface area contributed by atoms with Gasteiger partial charge in [0, 0.05) is 17.3 Å². The molecule has 0 unspecified atom stereocenters. The van der Waals surface area contributed by atoms with Crippen molar-refractivity contribution in [1.82, 2.24) is 0 Å². The van der Waals surface area contributed by atoms with Crippen molar-refractivity contribution in [3.05, 3.63) is 23.3 Å². The van der Waals surface area contributed by atoms with Crippen molar-refractivity contribution in [1.29, 1.82) is 0 Å². The predicted octanol–water partition coefficient (Wildman–Crippen LogP) is 4.83. The molecule has 0 aromatic heterocycles. The van der Waals surface area contributed by atoms with Crippen molar-refractivity contribution in [3.63, 3.8) is 0 Å². The third kappa shape index (κ3) is 1.47. The van der Waals surface area contributed by atoms with Gasteiger partial charge in [-0.05, 0) is 50.4 Å². The van der Waals surface area contributed by atoms with E-state index < -0.39 is 0 Å². The second-order valence-electron chi connectivity index (χ2n) is 7.96. The van der Waals surface area contributed by atoms with Gasteiger partial charge >= 0.3 is 0 Å². The zero-order chi connectivity index (χ0) is 14.0. The Bertz CT molecular complexity index is 526. The molecule has 4 rings (SSSR count). The van der Waals surface area contributed by atoms with Crippen LogP contribution in [-0.2, 0) is 4.79 Å². The molecule has 0 amide bonds. The van der Waals surface area contributed by atoms with Crippen LogP contribution in [0.4, 0.5) is 0 Å². The summed E-state index contributed by atoms with van der Waals surface area (Å²) in [7, 11) is 0. The predicted molar refractivity (Wildman–Crippen MR) is 81.3 cm³/mol. The van der Waals surface area contributed by atoms with Gasteiger partial charge in [-0.3, -0.25) is 4.79 Å². The smallest absolute Gasteiger partial charge is 0.139 e. The molecule has 0 N–H and O–H groups in total. The van der Waals surface area contributed by atoms with E-state index in [1.54, 1.807) is 11.1 Å². The van der Waals surface area contributed by atoms with E-state index in [1.165, 1.54) is 32.1 Å². The lowest BCUT2D eigenvalue weighted by Gasteiger charge is -2.51. The average molecular weight is 270 g/mol. The maximum atomic E-state index is 12.3. The molecule has 0 bridgehead atoms. The van der Waals surface area contributed by atoms with Gasteiger partial charge in [0.05, 0.1) is 0 Å². The summed E-state index contributed by atoms with van der Waals surface area (Å²) in [5, 5.41) is 0. The molecule has 0 aliphatic heterocycles. The van der Waals surface area contributed by atoms with Crippen LogP contribution in [0.1, 0.15) is 65.2 Å². The number of rotatable bonds is 0. The molecule has 0 radical (unpaired) electrons. The van der Waals surface area contributed by atoms with E-state index in [9.17, 15) is 4.79 Å². The molecule has 1 nitrogen and oxygen atoms in total. The zero-order valence-corrected chi connectivity index (χ0v) is 12.9. The molecule has 0 aromatic rings. The van der Waals surface area contributed by atoms with E-state index in [0.29, 0.717) is 23.0 Å². The number of carbonyl (C=O) groups is 1. The highest BCUT2D eigenvalue weighted by molar-refractivity contribution is 5.87. The first-order chi connectivity index (χ1) is 9.56. The van der Waals surface area contributed by atoms with E-state index in [0.717, 1.165) is 19.3 Å². The molecule has 2 fully saturated rings. The molecular weight excluding hydrogens is 244 g/mol. The SMILES string of the molecule is C[C@]12CCCCC1=CC[C@@H]1C2=CC[C@]2(C)C(=O)CC[C@@H]12. The molecule has 0 heterocycles. The lowest BCUT2D eigenvalue weighted by molar-refractivity contribution is -0.127. The number of carbonyl (C=O) groups excluding carboxylic acids is 1. The topological polar surface area (TPSA) is 17.1 Å². The summed E-state index contributed by atoms with van der Waals surface area (Å²) in [5.41, 5.74) is 3.73. The zero-order valence-electron chi connectivity index (χ0n) is 12.9. The Morgan fingerprint density at radius 1 is 1.15 bits per heavy atom. The lowest BCUT2D eigenvalue weighted by atomic mass is 9.53. The summed E-state index contributed by atoms with van der Waals surface area (Å²) in [6.07, 6.45) is 14.6. The van der Waals surface area contributed by atoms with Crippen LogP contribution >= 0.6 is 0 Å². The summed E-state index contributed by atoms with van der Waals surface area (Å²) in [6, 6.07) is 0. The van der Waals surface area contributed by atoms with Crippen molar-refractivity contribution in [3.8, 4) is 0 Å². The van der Waals surface area contributed by atoms with Gasteiger partial charge in [0.25, 0.3) is 0 Å². The Morgan fingerprint density at radius 3 is 2.85 bits per heavy atom. The third-order valence-electron chi connectivity index (χ3n) is 7.11. The molecule has 4 atom stereocenters. The van der Waals surface area contributed by atoms with Crippen molar-refractivity contribution < 1.29 is 4.79 Å². The van der Waals surface area contributed by atoms with Gasteiger partial charge in [-0.15, -0.1) is 0 Å². The Hall–Kier alpha value is -0.850. The largest absolute Gasteiger partial charge is 0.299 e. The van der Waals surface area contributed by atoms with E-state index in [1.807, 2.05) is 0 Å². The first kappa shape index (κ1) is 12.9. The average Bonchev–Trinajstić information content (AvgIpc) is 2.74. The van der Waals surface area contributed by atoms with Crippen molar-refractivity contribution in [2.45, 2.75) is 65.2 Å². The van der Waals surface area contributed by atoms with Gasteiger partial charge in [-0.2, -0.15) is 0 Å². The molecule has 4 aliphatic rings. The highest BCUT2D eigenvalue weighted by Gasteiger charge is 2.54. The second-order valence-corrected chi connectivity index (χ2v) is 7.96. The number of Topliss-reactive ketones (excluding diaryl/α,β-unsaturated/α-hetero) is 1. The Balaban J connectivity index is 1.78. The van der Waals surface area contributed by atoms with E-state index >= 15 is 0 Å². The van der Waals surface area contributed by atoms with Crippen LogP contribution in [0.2, 0.25) is 0 Å². The van der Waals surface area contributed by atoms with Gasteiger partial charge in [0.2, 0.25) is 0 Å². The molecule has 108 valence electrons. The summed E-state index contributed by atoms with van der Waals surface area (Å²) in [4.78, 5) is 12.3.